The molecule has 1 aromatic rings. The summed E-state index contributed by atoms with van der Waals surface area (Å²) in [5, 5.41) is 6.19. The Morgan fingerprint density at radius 2 is 2.00 bits per heavy atom. The molecule has 2 N–H and O–H groups in total. The molecular weight excluding hydrogens is 212 g/mol. The van der Waals surface area contributed by atoms with E-state index in [2.05, 4.69) is 10.6 Å². The van der Waals surface area contributed by atoms with Gasteiger partial charge in [0.15, 0.2) is 0 Å². The summed E-state index contributed by atoms with van der Waals surface area (Å²) in [6.07, 6.45) is 0.911. The average molecular weight is 227 g/mol. The fraction of sp³-hybridized carbons (Fsp3) is 0.364. The molecule has 0 saturated heterocycles. The molecule has 15 heavy (non-hydrogen) atoms. The number of nitrogens with one attached hydrogen (secondary N) is 2. The molecule has 0 unspecified atom stereocenters. The Bertz CT molecular complexity index is 324. The molecule has 0 spiro atoms. The van der Waals surface area contributed by atoms with Crippen molar-refractivity contribution in [2.75, 3.05) is 5.32 Å². The number of benzene rings is 1. The zero-order valence-electron chi connectivity index (χ0n) is 8.88. The molecule has 0 saturated carbocycles. The molecule has 0 aliphatic rings. The number of carbonyl (C=O) groups is 1. The molecule has 1 atom stereocenters. The number of hydrogen-bond donors (Lipinski definition) is 2. The first-order valence-electron chi connectivity index (χ1n) is 4.95. The standard InChI is InChI=1S/C11H15ClN2O/c1-3-8(2)13-11(15)14-10-6-4-9(12)5-7-10/h4-8H,3H2,1-2H3,(H2,13,14,15)/t8-/m0/s1. The summed E-state index contributed by atoms with van der Waals surface area (Å²) in [6, 6.07) is 6.99. The highest BCUT2D eigenvalue weighted by atomic mass is 35.5. The van der Waals surface area contributed by atoms with Crippen LogP contribution in [0.2, 0.25) is 5.02 Å². The van der Waals surface area contributed by atoms with Gasteiger partial charge in [-0.25, -0.2) is 4.79 Å². The monoisotopic (exact) mass is 226 g/mol. The minimum absolute atomic E-state index is 0.178. The zero-order chi connectivity index (χ0) is 11.3. The lowest BCUT2D eigenvalue weighted by Gasteiger charge is -2.12. The van der Waals surface area contributed by atoms with Crippen LogP contribution in [0, 0.1) is 0 Å². The van der Waals surface area contributed by atoms with Gasteiger partial charge in [-0.05, 0) is 37.6 Å². The first kappa shape index (κ1) is 11.9. The van der Waals surface area contributed by atoms with E-state index >= 15 is 0 Å². The van der Waals surface area contributed by atoms with Gasteiger partial charge in [0, 0.05) is 16.8 Å². The quantitative estimate of drug-likeness (QED) is 0.816. The summed E-state index contributed by atoms with van der Waals surface area (Å²) in [6.45, 7) is 3.98. The van der Waals surface area contributed by atoms with Crippen molar-refractivity contribution in [2.45, 2.75) is 26.3 Å². The van der Waals surface area contributed by atoms with Crippen molar-refractivity contribution in [1.82, 2.24) is 5.32 Å². The van der Waals surface area contributed by atoms with E-state index in [1.165, 1.54) is 0 Å². The van der Waals surface area contributed by atoms with Gasteiger partial charge < -0.3 is 10.6 Å². The molecule has 0 aliphatic carbocycles. The van der Waals surface area contributed by atoms with Crippen LogP contribution in [-0.2, 0) is 0 Å². The first-order valence-corrected chi connectivity index (χ1v) is 5.32. The molecule has 3 nitrogen and oxygen atoms in total. The third-order valence-electron chi connectivity index (χ3n) is 2.09. The Balaban J connectivity index is 2.48. The van der Waals surface area contributed by atoms with Gasteiger partial charge in [-0.2, -0.15) is 0 Å². The predicted octanol–water partition coefficient (Wildman–Crippen LogP) is 3.26. The summed E-state index contributed by atoms with van der Waals surface area (Å²) in [5.41, 5.74) is 0.736. The second kappa shape index (κ2) is 5.61. The van der Waals surface area contributed by atoms with Crippen LogP contribution < -0.4 is 10.6 Å². The molecule has 0 bridgehead atoms. The average Bonchev–Trinajstić information content (AvgIpc) is 2.21. The van der Waals surface area contributed by atoms with Crippen LogP contribution in [0.4, 0.5) is 10.5 Å². The molecule has 2 amide bonds. The third-order valence-corrected chi connectivity index (χ3v) is 2.34. The smallest absolute Gasteiger partial charge is 0.319 e. The van der Waals surface area contributed by atoms with Crippen molar-refractivity contribution in [2.24, 2.45) is 0 Å². The van der Waals surface area contributed by atoms with Crippen LogP contribution in [0.25, 0.3) is 0 Å². The number of hydrogen-bond acceptors (Lipinski definition) is 1. The lowest BCUT2D eigenvalue weighted by atomic mass is 10.3. The highest BCUT2D eigenvalue weighted by Crippen LogP contribution is 2.13. The van der Waals surface area contributed by atoms with Crippen molar-refractivity contribution in [3.8, 4) is 0 Å². The van der Waals surface area contributed by atoms with E-state index in [1.807, 2.05) is 13.8 Å². The van der Waals surface area contributed by atoms with E-state index in [9.17, 15) is 4.79 Å². The molecule has 1 aromatic carbocycles. The lowest BCUT2D eigenvalue weighted by molar-refractivity contribution is 0.249. The van der Waals surface area contributed by atoms with Crippen LogP contribution in [0.5, 0.6) is 0 Å². The van der Waals surface area contributed by atoms with Crippen LogP contribution in [-0.4, -0.2) is 12.1 Å². The maximum atomic E-state index is 11.4. The molecule has 0 radical (unpaired) electrons. The van der Waals surface area contributed by atoms with Gasteiger partial charge in [-0.15, -0.1) is 0 Å². The third kappa shape index (κ3) is 4.21. The number of halogens is 1. The molecule has 82 valence electrons. The van der Waals surface area contributed by atoms with Gasteiger partial charge in [-0.3, -0.25) is 0 Å². The minimum atomic E-state index is -0.188. The fourth-order valence-corrected chi connectivity index (χ4v) is 1.15. The largest absolute Gasteiger partial charge is 0.335 e. The zero-order valence-corrected chi connectivity index (χ0v) is 9.64. The molecule has 1 rings (SSSR count). The molecular formula is C11H15ClN2O. The Labute approximate surface area is 94.8 Å². The minimum Gasteiger partial charge on any atom is -0.335 e. The second-order valence-corrected chi connectivity index (χ2v) is 3.85. The van der Waals surface area contributed by atoms with Gasteiger partial charge in [-0.1, -0.05) is 18.5 Å². The van der Waals surface area contributed by atoms with E-state index in [0.717, 1.165) is 12.1 Å². The Morgan fingerprint density at radius 1 is 1.40 bits per heavy atom. The summed E-state index contributed by atoms with van der Waals surface area (Å²) in [7, 11) is 0. The van der Waals surface area contributed by atoms with Gasteiger partial charge in [0.1, 0.15) is 0 Å². The Kier molecular flexibility index (Phi) is 4.43. The van der Waals surface area contributed by atoms with Crippen LogP contribution in [0.15, 0.2) is 24.3 Å². The van der Waals surface area contributed by atoms with Crippen molar-refractivity contribution >= 4 is 23.3 Å². The first-order chi connectivity index (χ1) is 7.11. The van der Waals surface area contributed by atoms with Gasteiger partial charge in [0.2, 0.25) is 0 Å². The maximum absolute atomic E-state index is 11.4. The van der Waals surface area contributed by atoms with Crippen LogP contribution >= 0.6 is 11.6 Å². The van der Waals surface area contributed by atoms with E-state index in [4.69, 9.17) is 11.6 Å². The normalized spacial score (nSPS) is 11.9. The van der Waals surface area contributed by atoms with E-state index in [-0.39, 0.29) is 12.1 Å². The summed E-state index contributed by atoms with van der Waals surface area (Å²) >= 11 is 5.73. The van der Waals surface area contributed by atoms with Crippen LogP contribution in [0.3, 0.4) is 0 Å². The molecule has 0 fully saturated rings. The molecule has 0 heterocycles. The van der Waals surface area contributed by atoms with Gasteiger partial charge in [0.25, 0.3) is 0 Å². The Morgan fingerprint density at radius 3 is 2.53 bits per heavy atom. The van der Waals surface area contributed by atoms with Crippen molar-refractivity contribution < 1.29 is 4.79 Å². The summed E-state index contributed by atoms with van der Waals surface area (Å²) in [5.74, 6) is 0. The molecule has 0 aromatic heterocycles. The van der Waals surface area contributed by atoms with E-state index in [0.29, 0.717) is 5.02 Å². The van der Waals surface area contributed by atoms with Gasteiger partial charge in [0.05, 0.1) is 0 Å². The number of anilines is 1. The van der Waals surface area contributed by atoms with Crippen molar-refractivity contribution in [3.63, 3.8) is 0 Å². The highest BCUT2D eigenvalue weighted by Gasteiger charge is 2.04. The SMILES string of the molecule is CC[C@H](C)NC(=O)Nc1ccc(Cl)cc1. The Hall–Kier alpha value is -1.22. The van der Waals surface area contributed by atoms with Crippen molar-refractivity contribution in [3.05, 3.63) is 29.3 Å². The maximum Gasteiger partial charge on any atom is 0.319 e. The van der Waals surface area contributed by atoms with Crippen molar-refractivity contribution in [1.29, 1.82) is 0 Å². The molecule has 4 heteroatoms. The van der Waals surface area contributed by atoms with Crippen LogP contribution in [0.1, 0.15) is 20.3 Å². The topological polar surface area (TPSA) is 41.1 Å². The fourth-order valence-electron chi connectivity index (χ4n) is 1.03. The lowest BCUT2D eigenvalue weighted by Crippen LogP contribution is -2.35. The number of amides is 2. The van der Waals surface area contributed by atoms with Gasteiger partial charge >= 0.3 is 6.03 Å². The van der Waals surface area contributed by atoms with E-state index < -0.39 is 0 Å². The van der Waals surface area contributed by atoms with E-state index in [1.54, 1.807) is 24.3 Å². The number of carbonyl (C=O) groups excluding carboxylic acids is 1. The summed E-state index contributed by atoms with van der Waals surface area (Å²) in [4.78, 5) is 11.4. The predicted molar refractivity (Wildman–Crippen MR) is 63.4 cm³/mol. The summed E-state index contributed by atoms with van der Waals surface area (Å²) < 4.78 is 0. The number of rotatable bonds is 3. The second-order valence-electron chi connectivity index (χ2n) is 3.41. The number of urea groups is 1. The molecule has 0 aliphatic heterocycles. The highest BCUT2D eigenvalue weighted by molar-refractivity contribution is 6.30.